The zero-order chi connectivity index (χ0) is 13.1. The third-order valence-corrected chi connectivity index (χ3v) is 4.14. The lowest BCUT2D eigenvalue weighted by Gasteiger charge is -2.22. The molecular weight excluding hydrogens is 296 g/mol. The van der Waals surface area contributed by atoms with Crippen molar-refractivity contribution in [3.05, 3.63) is 28.2 Å². The fraction of sp³-hybridized carbons (Fsp3) is 0.385. The zero-order valence-corrected chi connectivity index (χ0v) is 11.7. The fourth-order valence-corrected chi connectivity index (χ4v) is 2.30. The number of benzene rings is 1. The number of nitrogens with one attached hydrogen (secondary N) is 2. The maximum absolute atomic E-state index is 12.1. The predicted octanol–water partition coefficient (Wildman–Crippen LogP) is 2.22. The van der Waals surface area contributed by atoms with Gasteiger partial charge in [-0.05, 0) is 40.9 Å². The molecule has 0 bridgehead atoms. The zero-order valence-electron chi connectivity index (χ0n) is 10.1. The van der Waals surface area contributed by atoms with Gasteiger partial charge in [0.1, 0.15) is 0 Å². The molecule has 1 unspecified atom stereocenters. The maximum atomic E-state index is 12.1. The van der Waals surface area contributed by atoms with Crippen LogP contribution in [0.15, 0.2) is 22.7 Å². The van der Waals surface area contributed by atoms with Gasteiger partial charge in [-0.15, -0.1) is 0 Å². The maximum Gasteiger partial charge on any atom is 0.229 e. The van der Waals surface area contributed by atoms with Crippen LogP contribution < -0.4 is 10.6 Å². The summed E-state index contributed by atoms with van der Waals surface area (Å²) in [5.74, 6) is -0.160. The average molecular weight is 311 g/mol. The van der Waals surface area contributed by atoms with E-state index in [-0.39, 0.29) is 17.7 Å². The Morgan fingerprint density at radius 1 is 1.50 bits per heavy atom. The number of hydrogen-bond donors (Lipinski definition) is 2. The minimum absolute atomic E-state index is 0.0239. The van der Waals surface area contributed by atoms with Crippen molar-refractivity contribution in [2.24, 2.45) is 5.92 Å². The number of carbonyl (C=O) groups is 2. The van der Waals surface area contributed by atoms with Crippen molar-refractivity contribution < 1.29 is 9.59 Å². The molecule has 0 spiro atoms. The Morgan fingerprint density at radius 3 is 2.94 bits per heavy atom. The summed E-state index contributed by atoms with van der Waals surface area (Å²) in [6.45, 7) is 2.40. The molecule has 1 aromatic carbocycles. The van der Waals surface area contributed by atoms with E-state index in [1.807, 2.05) is 25.1 Å². The second-order valence-electron chi connectivity index (χ2n) is 4.47. The number of rotatable bonds is 2. The van der Waals surface area contributed by atoms with Gasteiger partial charge in [0, 0.05) is 17.4 Å². The summed E-state index contributed by atoms with van der Waals surface area (Å²) in [7, 11) is 0. The lowest BCUT2D eigenvalue weighted by molar-refractivity contribution is -0.126. The lowest BCUT2D eigenvalue weighted by atomic mass is 9.98. The molecule has 18 heavy (non-hydrogen) atoms. The van der Waals surface area contributed by atoms with E-state index in [0.29, 0.717) is 19.4 Å². The van der Waals surface area contributed by atoms with Crippen molar-refractivity contribution in [1.82, 2.24) is 5.32 Å². The summed E-state index contributed by atoms with van der Waals surface area (Å²) in [6, 6.07) is 5.73. The molecule has 0 aromatic heterocycles. The third-order valence-electron chi connectivity index (χ3n) is 3.09. The Kier molecular flexibility index (Phi) is 4.01. The second kappa shape index (κ2) is 5.52. The van der Waals surface area contributed by atoms with Crippen LogP contribution in [0.4, 0.5) is 5.69 Å². The second-order valence-corrected chi connectivity index (χ2v) is 5.26. The molecule has 1 atom stereocenters. The Hall–Kier alpha value is -1.36. The molecule has 0 radical (unpaired) electrons. The van der Waals surface area contributed by atoms with Crippen molar-refractivity contribution in [2.75, 3.05) is 11.9 Å². The summed E-state index contributed by atoms with van der Waals surface area (Å²) in [6.07, 6.45) is 1.04. The van der Waals surface area contributed by atoms with Crippen LogP contribution in [0.25, 0.3) is 0 Å². The first-order valence-electron chi connectivity index (χ1n) is 5.90. The van der Waals surface area contributed by atoms with Crippen LogP contribution in [0.1, 0.15) is 18.4 Å². The molecule has 2 N–H and O–H groups in total. The average Bonchev–Trinajstić information content (AvgIpc) is 2.36. The Bertz CT molecular complexity index is 478. The van der Waals surface area contributed by atoms with Crippen LogP contribution in [0.5, 0.6) is 0 Å². The predicted molar refractivity (Wildman–Crippen MR) is 73.2 cm³/mol. The Labute approximate surface area is 114 Å². The van der Waals surface area contributed by atoms with Crippen LogP contribution in [0, 0.1) is 12.8 Å². The van der Waals surface area contributed by atoms with Gasteiger partial charge in [0.05, 0.1) is 11.6 Å². The molecule has 4 nitrogen and oxygen atoms in total. The van der Waals surface area contributed by atoms with Crippen LogP contribution in [-0.4, -0.2) is 18.4 Å². The first kappa shape index (κ1) is 13.1. The van der Waals surface area contributed by atoms with Gasteiger partial charge in [-0.1, -0.05) is 12.1 Å². The van der Waals surface area contributed by atoms with Crippen LogP contribution in [0.2, 0.25) is 0 Å². The number of halogens is 1. The van der Waals surface area contributed by atoms with Gasteiger partial charge < -0.3 is 10.6 Å². The SMILES string of the molecule is Cc1cccc(NC(=O)C2CCC(=O)NC2)c1Br. The normalized spacial score (nSPS) is 19.2. The molecule has 1 aliphatic heterocycles. The van der Waals surface area contributed by atoms with Gasteiger partial charge in [-0.2, -0.15) is 0 Å². The number of amides is 2. The van der Waals surface area contributed by atoms with Gasteiger partial charge in [0.2, 0.25) is 11.8 Å². The number of piperidine rings is 1. The van der Waals surface area contributed by atoms with Crippen LogP contribution in [-0.2, 0) is 9.59 Å². The van der Waals surface area contributed by atoms with E-state index in [1.54, 1.807) is 0 Å². The Morgan fingerprint density at radius 2 is 2.28 bits per heavy atom. The van der Waals surface area contributed by atoms with E-state index in [9.17, 15) is 9.59 Å². The topological polar surface area (TPSA) is 58.2 Å². The van der Waals surface area contributed by atoms with Crippen molar-refractivity contribution >= 4 is 33.4 Å². The monoisotopic (exact) mass is 310 g/mol. The third kappa shape index (κ3) is 2.90. The quantitative estimate of drug-likeness (QED) is 0.880. The van der Waals surface area contributed by atoms with Gasteiger partial charge in [-0.25, -0.2) is 0 Å². The molecule has 2 rings (SSSR count). The van der Waals surface area contributed by atoms with Gasteiger partial charge in [-0.3, -0.25) is 9.59 Å². The van der Waals surface area contributed by atoms with Crippen molar-refractivity contribution in [2.45, 2.75) is 19.8 Å². The van der Waals surface area contributed by atoms with Crippen LogP contribution in [0.3, 0.4) is 0 Å². The lowest BCUT2D eigenvalue weighted by Crippen LogP contribution is -2.40. The number of aryl methyl sites for hydroxylation is 1. The molecule has 1 aromatic rings. The largest absolute Gasteiger partial charge is 0.355 e. The van der Waals surface area contributed by atoms with Gasteiger partial charge >= 0.3 is 0 Å². The van der Waals surface area contributed by atoms with E-state index >= 15 is 0 Å². The Balaban J connectivity index is 2.03. The van der Waals surface area contributed by atoms with E-state index in [1.165, 1.54) is 0 Å². The first-order chi connectivity index (χ1) is 8.58. The molecule has 1 fully saturated rings. The number of carbonyl (C=O) groups excluding carboxylic acids is 2. The molecule has 1 saturated heterocycles. The molecule has 96 valence electrons. The summed E-state index contributed by atoms with van der Waals surface area (Å²) in [5.41, 5.74) is 1.85. The van der Waals surface area contributed by atoms with Crippen molar-refractivity contribution in [3.63, 3.8) is 0 Å². The molecule has 1 aliphatic rings. The van der Waals surface area contributed by atoms with Crippen molar-refractivity contribution in [3.8, 4) is 0 Å². The van der Waals surface area contributed by atoms with E-state index < -0.39 is 0 Å². The molecule has 1 heterocycles. The van der Waals surface area contributed by atoms with Crippen molar-refractivity contribution in [1.29, 1.82) is 0 Å². The summed E-state index contributed by atoms with van der Waals surface area (Å²) >= 11 is 3.46. The van der Waals surface area contributed by atoms with E-state index in [4.69, 9.17) is 0 Å². The summed E-state index contributed by atoms with van der Waals surface area (Å²) < 4.78 is 0.901. The van der Waals surface area contributed by atoms with Crippen LogP contribution >= 0.6 is 15.9 Å². The summed E-state index contributed by atoms with van der Waals surface area (Å²) in [4.78, 5) is 23.1. The molecular formula is C13H15BrN2O2. The van der Waals surface area contributed by atoms with E-state index in [0.717, 1.165) is 15.7 Å². The van der Waals surface area contributed by atoms with Gasteiger partial charge in [0.15, 0.2) is 0 Å². The van der Waals surface area contributed by atoms with E-state index in [2.05, 4.69) is 26.6 Å². The number of anilines is 1. The highest BCUT2D eigenvalue weighted by atomic mass is 79.9. The highest BCUT2D eigenvalue weighted by Crippen LogP contribution is 2.26. The minimum Gasteiger partial charge on any atom is -0.355 e. The molecule has 0 aliphatic carbocycles. The highest BCUT2D eigenvalue weighted by molar-refractivity contribution is 9.10. The first-order valence-corrected chi connectivity index (χ1v) is 6.70. The number of hydrogen-bond acceptors (Lipinski definition) is 2. The standard InChI is InChI=1S/C13H15BrN2O2/c1-8-3-2-4-10(12(8)14)16-13(18)9-5-6-11(17)15-7-9/h2-4,9H,5-7H2,1H3,(H,15,17)(H,16,18). The smallest absolute Gasteiger partial charge is 0.229 e. The van der Waals surface area contributed by atoms with Gasteiger partial charge in [0.25, 0.3) is 0 Å². The summed E-state index contributed by atoms with van der Waals surface area (Å²) in [5, 5.41) is 5.61. The molecule has 5 heteroatoms. The molecule has 2 amide bonds. The fourth-order valence-electron chi connectivity index (χ4n) is 1.94. The highest BCUT2D eigenvalue weighted by Gasteiger charge is 2.24. The molecule has 0 saturated carbocycles. The minimum atomic E-state index is -0.143.